The first-order valence-electron chi connectivity index (χ1n) is 8.30. The molecule has 0 saturated carbocycles. The summed E-state index contributed by atoms with van der Waals surface area (Å²) < 4.78 is 7.54. The van der Waals surface area contributed by atoms with Crippen LogP contribution in [0, 0.1) is 0 Å². The standard InChI is InChI=1S/C18H26N2O2/c1-19-10-5-8-16(19)14-20-11-4-2-3-7-15(20)13-17(21)18-9-6-12-22-18/h5-6,8-10,12,15,17,21H,2-4,7,11,13-14H2,1H3. The molecular weight excluding hydrogens is 276 g/mol. The predicted octanol–water partition coefficient (Wildman–Crippen LogP) is 3.49. The Balaban J connectivity index is 1.69. The number of aryl methyl sites for hydroxylation is 1. The van der Waals surface area contributed by atoms with Crippen LogP contribution in [0.3, 0.4) is 0 Å². The van der Waals surface area contributed by atoms with E-state index in [-0.39, 0.29) is 0 Å². The number of nitrogens with zero attached hydrogens (tertiary/aromatic N) is 2. The molecule has 1 fully saturated rings. The highest BCUT2D eigenvalue weighted by Gasteiger charge is 2.25. The minimum absolute atomic E-state index is 0.414. The lowest BCUT2D eigenvalue weighted by molar-refractivity contribution is 0.0821. The number of aliphatic hydroxyl groups excluding tert-OH is 1. The fourth-order valence-electron chi connectivity index (χ4n) is 3.44. The summed E-state index contributed by atoms with van der Waals surface area (Å²) in [5, 5.41) is 10.4. The van der Waals surface area contributed by atoms with Gasteiger partial charge in [-0.3, -0.25) is 4.90 Å². The minimum atomic E-state index is -0.506. The molecule has 1 saturated heterocycles. The first-order chi connectivity index (χ1) is 10.7. The number of aliphatic hydroxyl groups is 1. The van der Waals surface area contributed by atoms with Gasteiger partial charge in [0.05, 0.1) is 6.26 Å². The van der Waals surface area contributed by atoms with Crippen LogP contribution in [-0.2, 0) is 13.6 Å². The van der Waals surface area contributed by atoms with Gasteiger partial charge in [-0.2, -0.15) is 0 Å². The fraction of sp³-hybridized carbons (Fsp3) is 0.556. The van der Waals surface area contributed by atoms with Crippen molar-refractivity contribution < 1.29 is 9.52 Å². The first kappa shape index (κ1) is 15.4. The molecule has 2 aromatic rings. The molecule has 0 bridgehead atoms. The summed E-state index contributed by atoms with van der Waals surface area (Å²) in [5.41, 5.74) is 1.33. The summed E-state index contributed by atoms with van der Waals surface area (Å²) in [5.74, 6) is 0.683. The second-order valence-electron chi connectivity index (χ2n) is 6.35. The van der Waals surface area contributed by atoms with Gasteiger partial charge >= 0.3 is 0 Å². The normalized spacial score (nSPS) is 21.6. The monoisotopic (exact) mass is 302 g/mol. The second kappa shape index (κ2) is 7.16. The highest BCUT2D eigenvalue weighted by molar-refractivity contribution is 5.07. The molecule has 2 aromatic heterocycles. The van der Waals surface area contributed by atoms with Crippen molar-refractivity contribution in [1.82, 2.24) is 9.47 Å². The van der Waals surface area contributed by atoms with E-state index in [4.69, 9.17) is 4.42 Å². The summed E-state index contributed by atoms with van der Waals surface area (Å²) in [7, 11) is 2.10. The Hall–Kier alpha value is -1.52. The first-order valence-corrected chi connectivity index (χ1v) is 8.30. The van der Waals surface area contributed by atoms with Crippen LogP contribution in [-0.4, -0.2) is 27.2 Å². The second-order valence-corrected chi connectivity index (χ2v) is 6.35. The van der Waals surface area contributed by atoms with Crippen molar-refractivity contribution in [2.24, 2.45) is 7.05 Å². The smallest absolute Gasteiger partial charge is 0.132 e. The molecule has 1 N–H and O–H groups in total. The van der Waals surface area contributed by atoms with Crippen molar-refractivity contribution in [2.75, 3.05) is 6.54 Å². The van der Waals surface area contributed by atoms with Crippen molar-refractivity contribution in [2.45, 2.75) is 50.8 Å². The van der Waals surface area contributed by atoms with Crippen molar-refractivity contribution in [3.05, 3.63) is 48.2 Å². The Morgan fingerprint density at radius 1 is 1.27 bits per heavy atom. The van der Waals surface area contributed by atoms with E-state index in [0.717, 1.165) is 25.9 Å². The van der Waals surface area contributed by atoms with Crippen molar-refractivity contribution in [3.8, 4) is 0 Å². The minimum Gasteiger partial charge on any atom is -0.467 e. The van der Waals surface area contributed by atoms with Crippen molar-refractivity contribution >= 4 is 0 Å². The van der Waals surface area contributed by atoms with E-state index in [0.29, 0.717) is 11.8 Å². The van der Waals surface area contributed by atoms with Crippen LogP contribution in [0.25, 0.3) is 0 Å². The van der Waals surface area contributed by atoms with Gasteiger partial charge in [-0.15, -0.1) is 0 Å². The zero-order chi connectivity index (χ0) is 15.4. The van der Waals surface area contributed by atoms with Gasteiger partial charge in [0.15, 0.2) is 0 Å². The zero-order valence-corrected chi connectivity index (χ0v) is 13.3. The quantitative estimate of drug-likeness (QED) is 0.919. The van der Waals surface area contributed by atoms with E-state index in [9.17, 15) is 5.11 Å². The van der Waals surface area contributed by atoms with Crippen LogP contribution < -0.4 is 0 Å². The highest BCUT2D eigenvalue weighted by Crippen LogP contribution is 2.27. The number of hydrogen-bond acceptors (Lipinski definition) is 3. The molecule has 0 amide bonds. The molecular formula is C18H26N2O2. The Morgan fingerprint density at radius 2 is 2.18 bits per heavy atom. The van der Waals surface area contributed by atoms with Gasteiger partial charge in [0.2, 0.25) is 0 Å². The van der Waals surface area contributed by atoms with Gasteiger partial charge in [-0.25, -0.2) is 0 Å². The Labute approximate surface area is 132 Å². The molecule has 22 heavy (non-hydrogen) atoms. The molecule has 3 rings (SSSR count). The molecule has 120 valence electrons. The lowest BCUT2D eigenvalue weighted by Crippen LogP contribution is -2.36. The van der Waals surface area contributed by atoms with Crippen molar-refractivity contribution in [3.63, 3.8) is 0 Å². The molecule has 0 aromatic carbocycles. The summed E-state index contributed by atoms with van der Waals surface area (Å²) in [6, 6.07) is 8.40. The number of likely N-dealkylation sites (tertiary alicyclic amines) is 1. The van der Waals surface area contributed by atoms with Gasteiger partial charge in [0, 0.05) is 31.5 Å². The Bertz CT molecular complexity index is 561. The number of furan rings is 1. The maximum absolute atomic E-state index is 10.4. The molecule has 3 heterocycles. The van der Waals surface area contributed by atoms with Gasteiger partial charge in [-0.1, -0.05) is 12.8 Å². The molecule has 1 aliphatic heterocycles. The summed E-state index contributed by atoms with van der Waals surface area (Å²) in [6.45, 7) is 2.07. The van der Waals surface area contributed by atoms with Crippen LogP contribution in [0.1, 0.15) is 49.7 Å². The third-order valence-corrected chi connectivity index (χ3v) is 4.78. The average Bonchev–Trinajstić information content (AvgIpc) is 3.12. The van der Waals surface area contributed by atoms with E-state index in [2.05, 4.69) is 34.8 Å². The van der Waals surface area contributed by atoms with Gasteiger partial charge in [-0.05, 0) is 50.1 Å². The van der Waals surface area contributed by atoms with Crippen LogP contribution in [0.4, 0.5) is 0 Å². The predicted molar refractivity (Wildman–Crippen MR) is 86.4 cm³/mol. The van der Waals surface area contributed by atoms with Crippen molar-refractivity contribution in [1.29, 1.82) is 0 Å². The number of aromatic nitrogens is 1. The van der Waals surface area contributed by atoms with Crippen LogP contribution in [0.2, 0.25) is 0 Å². The van der Waals surface area contributed by atoms with E-state index in [1.807, 2.05) is 12.1 Å². The molecule has 0 aliphatic carbocycles. The summed E-state index contributed by atoms with van der Waals surface area (Å²) in [6.07, 6.45) is 8.91. The van der Waals surface area contributed by atoms with Gasteiger partial charge in [0.25, 0.3) is 0 Å². The van der Waals surface area contributed by atoms with Crippen LogP contribution in [0.5, 0.6) is 0 Å². The lowest BCUT2D eigenvalue weighted by Gasteiger charge is -2.31. The number of hydrogen-bond donors (Lipinski definition) is 1. The van der Waals surface area contributed by atoms with E-state index >= 15 is 0 Å². The molecule has 4 nitrogen and oxygen atoms in total. The summed E-state index contributed by atoms with van der Waals surface area (Å²) >= 11 is 0. The van der Waals surface area contributed by atoms with Gasteiger partial charge in [0.1, 0.15) is 11.9 Å². The fourth-order valence-corrected chi connectivity index (χ4v) is 3.44. The third kappa shape index (κ3) is 3.62. The molecule has 1 aliphatic rings. The lowest BCUT2D eigenvalue weighted by atomic mass is 10.0. The van der Waals surface area contributed by atoms with Crippen LogP contribution >= 0.6 is 0 Å². The SMILES string of the molecule is Cn1cccc1CN1CCCCCC1CC(O)c1ccco1. The topological polar surface area (TPSA) is 41.5 Å². The number of rotatable bonds is 5. The highest BCUT2D eigenvalue weighted by atomic mass is 16.4. The molecule has 0 spiro atoms. The van der Waals surface area contributed by atoms with E-state index in [1.165, 1.54) is 25.0 Å². The Kier molecular flexibility index (Phi) is 5.01. The zero-order valence-electron chi connectivity index (χ0n) is 13.3. The molecule has 0 radical (unpaired) electrons. The Morgan fingerprint density at radius 3 is 2.91 bits per heavy atom. The third-order valence-electron chi connectivity index (χ3n) is 4.78. The maximum atomic E-state index is 10.4. The largest absolute Gasteiger partial charge is 0.467 e. The summed E-state index contributed by atoms with van der Waals surface area (Å²) in [4.78, 5) is 2.54. The maximum Gasteiger partial charge on any atom is 0.132 e. The molecule has 4 heteroatoms. The van der Waals surface area contributed by atoms with Crippen LogP contribution in [0.15, 0.2) is 41.1 Å². The average molecular weight is 302 g/mol. The van der Waals surface area contributed by atoms with Gasteiger partial charge < -0.3 is 14.1 Å². The molecule has 2 atom stereocenters. The molecule has 2 unspecified atom stereocenters. The van der Waals surface area contributed by atoms with E-state index in [1.54, 1.807) is 6.26 Å². The van der Waals surface area contributed by atoms with E-state index < -0.39 is 6.10 Å².